The van der Waals surface area contributed by atoms with Crippen LogP contribution in [0.4, 0.5) is 5.69 Å². The molecule has 0 aromatic heterocycles. The lowest BCUT2D eigenvalue weighted by Crippen LogP contribution is -2.32. The predicted octanol–water partition coefficient (Wildman–Crippen LogP) is 3.08. The van der Waals surface area contributed by atoms with Crippen molar-refractivity contribution in [3.05, 3.63) is 29.3 Å². The number of imide groups is 1. The summed E-state index contributed by atoms with van der Waals surface area (Å²) in [4.78, 5) is 26.1. The second-order valence-electron chi connectivity index (χ2n) is 6.46. The SMILES string of the molecule is CC1CCCC(CCN2C(=O)c3cccc(N)c3C2=O)C1. The molecule has 1 aromatic rings. The highest BCUT2D eigenvalue weighted by Crippen LogP contribution is 2.32. The van der Waals surface area contributed by atoms with Crippen LogP contribution in [0.3, 0.4) is 0 Å². The predicted molar refractivity (Wildman–Crippen MR) is 82.0 cm³/mol. The smallest absolute Gasteiger partial charge is 0.263 e. The molecule has 2 N–H and O–H groups in total. The third-order valence-corrected chi connectivity index (χ3v) is 4.84. The van der Waals surface area contributed by atoms with Crippen LogP contribution in [0, 0.1) is 11.8 Å². The molecular weight excluding hydrogens is 264 g/mol. The van der Waals surface area contributed by atoms with Gasteiger partial charge in [-0.1, -0.05) is 32.3 Å². The summed E-state index contributed by atoms with van der Waals surface area (Å²) in [5, 5.41) is 0. The first-order valence-corrected chi connectivity index (χ1v) is 7.82. The number of anilines is 1. The van der Waals surface area contributed by atoms with Crippen LogP contribution in [0.1, 0.15) is 59.7 Å². The first kappa shape index (κ1) is 14.1. The Hall–Kier alpha value is -1.84. The average molecular weight is 286 g/mol. The molecule has 3 rings (SSSR count). The molecule has 2 amide bonds. The van der Waals surface area contributed by atoms with Gasteiger partial charge < -0.3 is 5.73 Å². The maximum absolute atomic E-state index is 12.4. The maximum atomic E-state index is 12.4. The van der Waals surface area contributed by atoms with E-state index in [9.17, 15) is 9.59 Å². The number of fused-ring (bicyclic) bond motifs is 1. The molecule has 1 aromatic carbocycles. The molecule has 21 heavy (non-hydrogen) atoms. The van der Waals surface area contributed by atoms with Gasteiger partial charge in [0.25, 0.3) is 11.8 Å². The maximum Gasteiger partial charge on any atom is 0.263 e. The van der Waals surface area contributed by atoms with Crippen LogP contribution in [0.5, 0.6) is 0 Å². The van der Waals surface area contributed by atoms with Gasteiger partial charge in [-0.05, 0) is 36.8 Å². The van der Waals surface area contributed by atoms with Crippen molar-refractivity contribution in [1.82, 2.24) is 4.90 Å². The molecule has 1 saturated carbocycles. The van der Waals surface area contributed by atoms with Crippen molar-refractivity contribution < 1.29 is 9.59 Å². The molecule has 0 radical (unpaired) electrons. The summed E-state index contributed by atoms with van der Waals surface area (Å²) in [6.45, 7) is 2.80. The molecule has 1 heterocycles. The lowest BCUT2D eigenvalue weighted by atomic mass is 9.81. The standard InChI is InChI=1S/C17H22N2O2/c1-11-4-2-5-12(10-11)8-9-19-16(20)13-6-3-7-14(18)15(13)17(19)21/h3,6-7,11-12H,2,4-5,8-10,18H2,1H3. The van der Waals surface area contributed by atoms with Gasteiger partial charge in [0.2, 0.25) is 0 Å². The molecule has 112 valence electrons. The lowest BCUT2D eigenvalue weighted by molar-refractivity contribution is 0.0640. The quantitative estimate of drug-likeness (QED) is 0.686. The first-order valence-electron chi connectivity index (χ1n) is 7.82. The highest BCUT2D eigenvalue weighted by Gasteiger charge is 2.37. The third kappa shape index (κ3) is 2.55. The van der Waals surface area contributed by atoms with Gasteiger partial charge in [-0.3, -0.25) is 14.5 Å². The fourth-order valence-electron chi connectivity index (χ4n) is 3.70. The van der Waals surface area contributed by atoms with Crippen LogP contribution in [0.25, 0.3) is 0 Å². The molecular formula is C17H22N2O2. The largest absolute Gasteiger partial charge is 0.398 e. The number of hydrogen-bond acceptors (Lipinski definition) is 3. The molecule has 2 aliphatic rings. The number of carbonyl (C=O) groups is 2. The van der Waals surface area contributed by atoms with Crippen LogP contribution < -0.4 is 5.73 Å². The number of benzene rings is 1. The van der Waals surface area contributed by atoms with Crippen molar-refractivity contribution in [2.45, 2.75) is 39.0 Å². The summed E-state index contributed by atoms with van der Waals surface area (Å²) < 4.78 is 0. The Morgan fingerprint density at radius 2 is 2.05 bits per heavy atom. The molecule has 0 bridgehead atoms. The van der Waals surface area contributed by atoms with E-state index in [-0.39, 0.29) is 11.8 Å². The van der Waals surface area contributed by atoms with Gasteiger partial charge in [-0.15, -0.1) is 0 Å². The first-order chi connectivity index (χ1) is 10.1. The Morgan fingerprint density at radius 3 is 2.76 bits per heavy atom. The highest BCUT2D eigenvalue weighted by molar-refractivity contribution is 6.23. The molecule has 0 spiro atoms. The second-order valence-corrected chi connectivity index (χ2v) is 6.46. The van der Waals surface area contributed by atoms with Gasteiger partial charge >= 0.3 is 0 Å². The van der Waals surface area contributed by atoms with E-state index in [1.165, 1.54) is 30.6 Å². The zero-order valence-electron chi connectivity index (χ0n) is 12.5. The van der Waals surface area contributed by atoms with Crippen LogP contribution in [0.15, 0.2) is 18.2 Å². The van der Waals surface area contributed by atoms with E-state index in [1.807, 2.05) is 0 Å². The topological polar surface area (TPSA) is 63.4 Å². The zero-order valence-corrected chi connectivity index (χ0v) is 12.5. The molecule has 4 heteroatoms. The summed E-state index contributed by atoms with van der Waals surface area (Å²) in [5.74, 6) is 0.986. The normalized spacial score (nSPS) is 25.3. The summed E-state index contributed by atoms with van der Waals surface area (Å²) in [6.07, 6.45) is 5.91. The van der Waals surface area contributed by atoms with Crippen molar-refractivity contribution >= 4 is 17.5 Å². The zero-order chi connectivity index (χ0) is 15.0. The number of rotatable bonds is 3. The van der Waals surface area contributed by atoms with E-state index in [2.05, 4.69) is 6.92 Å². The Bertz CT molecular complexity index is 582. The fourth-order valence-corrected chi connectivity index (χ4v) is 3.70. The number of hydrogen-bond donors (Lipinski definition) is 1. The molecule has 1 aliphatic heterocycles. The Labute approximate surface area is 125 Å². The monoisotopic (exact) mass is 286 g/mol. The summed E-state index contributed by atoms with van der Waals surface area (Å²) >= 11 is 0. The molecule has 4 nitrogen and oxygen atoms in total. The van der Waals surface area contributed by atoms with Crippen LogP contribution >= 0.6 is 0 Å². The van der Waals surface area contributed by atoms with Crippen LogP contribution in [0.2, 0.25) is 0 Å². The van der Waals surface area contributed by atoms with E-state index < -0.39 is 0 Å². The minimum Gasteiger partial charge on any atom is -0.398 e. The van der Waals surface area contributed by atoms with Crippen LogP contribution in [-0.4, -0.2) is 23.3 Å². The second kappa shape index (κ2) is 5.51. The average Bonchev–Trinajstić information content (AvgIpc) is 2.70. The third-order valence-electron chi connectivity index (χ3n) is 4.84. The van der Waals surface area contributed by atoms with Crippen molar-refractivity contribution in [3.8, 4) is 0 Å². The lowest BCUT2D eigenvalue weighted by Gasteiger charge is -2.27. The van der Waals surface area contributed by atoms with E-state index >= 15 is 0 Å². The summed E-state index contributed by atoms with van der Waals surface area (Å²) in [6, 6.07) is 5.09. The van der Waals surface area contributed by atoms with E-state index in [0.717, 1.165) is 12.3 Å². The summed E-state index contributed by atoms with van der Waals surface area (Å²) in [5.41, 5.74) is 7.09. The molecule has 0 saturated heterocycles. The van der Waals surface area contributed by atoms with Gasteiger partial charge in [0, 0.05) is 12.2 Å². The Kier molecular flexibility index (Phi) is 3.70. The van der Waals surface area contributed by atoms with Crippen molar-refractivity contribution in [2.75, 3.05) is 12.3 Å². The molecule has 1 fully saturated rings. The van der Waals surface area contributed by atoms with Gasteiger partial charge in [0.15, 0.2) is 0 Å². The number of nitrogens with zero attached hydrogens (tertiary/aromatic N) is 1. The van der Waals surface area contributed by atoms with E-state index in [4.69, 9.17) is 5.73 Å². The van der Waals surface area contributed by atoms with Crippen molar-refractivity contribution in [3.63, 3.8) is 0 Å². The fraction of sp³-hybridized carbons (Fsp3) is 0.529. The number of amides is 2. The van der Waals surface area contributed by atoms with E-state index in [1.54, 1.807) is 18.2 Å². The minimum atomic E-state index is -0.225. The highest BCUT2D eigenvalue weighted by atomic mass is 16.2. The summed E-state index contributed by atoms with van der Waals surface area (Å²) in [7, 11) is 0. The van der Waals surface area contributed by atoms with Crippen LogP contribution in [-0.2, 0) is 0 Å². The van der Waals surface area contributed by atoms with Crippen molar-refractivity contribution in [2.24, 2.45) is 11.8 Å². The van der Waals surface area contributed by atoms with Gasteiger partial charge in [-0.2, -0.15) is 0 Å². The van der Waals surface area contributed by atoms with Gasteiger partial charge in [-0.25, -0.2) is 0 Å². The Balaban J connectivity index is 1.69. The number of nitrogens with two attached hydrogens (primary N) is 1. The molecule has 1 aliphatic carbocycles. The van der Waals surface area contributed by atoms with Crippen molar-refractivity contribution in [1.29, 1.82) is 0 Å². The molecule has 2 atom stereocenters. The van der Waals surface area contributed by atoms with Gasteiger partial charge in [0.05, 0.1) is 11.1 Å². The Morgan fingerprint density at radius 1 is 1.24 bits per heavy atom. The molecule has 2 unspecified atom stereocenters. The van der Waals surface area contributed by atoms with Gasteiger partial charge in [0.1, 0.15) is 0 Å². The number of carbonyl (C=O) groups excluding carboxylic acids is 2. The minimum absolute atomic E-state index is 0.189. The van der Waals surface area contributed by atoms with E-state index in [0.29, 0.717) is 29.3 Å². The number of nitrogen functional groups attached to an aromatic ring is 1.